The Morgan fingerprint density at radius 2 is 1.90 bits per heavy atom. The van der Waals surface area contributed by atoms with E-state index in [0.717, 1.165) is 10.9 Å². The highest BCUT2D eigenvalue weighted by Crippen LogP contribution is 2.20. The number of H-pyrrole nitrogens is 1. The molecule has 0 unspecified atom stereocenters. The van der Waals surface area contributed by atoms with Crippen LogP contribution in [-0.4, -0.2) is 28.0 Å². The first-order valence-electron chi connectivity index (χ1n) is 6.40. The smallest absolute Gasteiger partial charge is 0.326 e. The summed E-state index contributed by atoms with van der Waals surface area (Å²) in [5.41, 5.74) is 0.648. The van der Waals surface area contributed by atoms with E-state index in [9.17, 15) is 14.7 Å². The van der Waals surface area contributed by atoms with Gasteiger partial charge in [0.05, 0.1) is 0 Å². The molecule has 1 amide bonds. The first kappa shape index (κ1) is 14.1. The molecule has 3 N–H and O–H groups in total. The van der Waals surface area contributed by atoms with E-state index in [4.69, 9.17) is 0 Å². The third-order valence-electron chi connectivity index (χ3n) is 3.16. The lowest BCUT2D eigenvalue weighted by molar-refractivity contribution is -0.142. The maximum atomic E-state index is 12.2. The number of benzene rings is 1. The molecule has 106 valence electrons. The minimum atomic E-state index is -1.04. The van der Waals surface area contributed by atoms with Crippen molar-refractivity contribution in [3.63, 3.8) is 0 Å². The van der Waals surface area contributed by atoms with E-state index >= 15 is 0 Å². The molecule has 2 aromatic rings. The maximum Gasteiger partial charge on any atom is 0.326 e. The van der Waals surface area contributed by atoms with Crippen LogP contribution < -0.4 is 5.32 Å². The molecule has 2 rings (SSSR count). The van der Waals surface area contributed by atoms with Crippen LogP contribution in [0.4, 0.5) is 0 Å². The van der Waals surface area contributed by atoms with Gasteiger partial charge in [-0.15, -0.1) is 0 Å². The molecule has 0 aliphatic heterocycles. The number of carbonyl (C=O) groups excluding carboxylic acids is 1. The summed E-state index contributed by atoms with van der Waals surface area (Å²) in [6, 6.07) is 8.28. The molecule has 0 spiro atoms. The van der Waals surface area contributed by atoms with Crippen LogP contribution in [0.1, 0.15) is 31.3 Å². The molecular formula is C15H18N2O3. The number of para-hydroxylation sites is 1. The average Bonchev–Trinajstić information content (AvgIpc) is 2.77. The number of carboxylic acids is 1. The van der Waals surface area contributed by atoms with Gasteiger partial charge in [-0.2, -0.15) is 0 Å². The second-order valence-electron chi connectivity index (χ2n) is 5.88. The van der Waals surface area contributed by atoms with Gasteiger partial charge in [0.25, 0.3) is 5.91 Å². The monoisotopic (exact) mass is 274 g/mol. The van der Waals surface area contributed by atoms with Crippen molar-refractivity contribution >= 4 is 22.8 Å². The lowest BCUT2D eigenvalue weighted by Crippen LogP contribution is -2.49. The predicted octanol–water partition coefficient (Wildman–Crippen LogP) is 2.40. The van der Waals surface area contributed by atoms with Crippen molar-refractivity contribution in [1.82, 2.24) is 10.3 Å². The SMILES string of the molecule is CC(C)(C)[C@@H](NC(=O)c1cc2ccccc2[nH]1)C(=O)O. The molecule has 0 saturated carbocycles. The average molecular weight is 274 g/mol. The molecule has 0 radical (unpaired) electrons. The van der Waals surface area contributed by atoms with Gasteiger partial charge in [-0.1, -0.05) is 39.0 Å². The lowest BCUT2D eigenvalue weighted by atomic mass is 9.86. The molecule has 5 nitrogen and oxygen atoms in total. The van der Waals surface area contributed by atoms with E-state index < -0.39 is 23.3 Å². The Morgan fingerprint density at radius 3 is 2.45 bits per heavy atom. The van der Waals surface area contributed by atoms with Crippen LogP contribution in [0.25, 0.3) is 10.9 Å². The molecule has 20 heavy (non-hydrogen) atoms. The zero-order valence-corrected chi connectivity index (χ0v) is 11.7. The molecule has 0 bridgehead atoms. The fraction of sp³-hybridized carbons (Fsp3) is 0.333. The van der Waals surface area contributed by atoms with Gasteiger partial charge in [0, 0.05) is 10.9 Å². The molecule has 1 atom stereocenters. The number of fused-ring (bicyclic) bond motifs is 1. The van der Waals surface area contributed by atoms with E-state index in [1.165, 1.54) is 0 Å². The molecule has 0 fully saturated rings. The van der Waals surface area contributed by atoms with E-state index in [2.05, 4.69) is 10.3 Å². The van der Waals surface area contributed by atoms with E-state index in [-0.39, 0.29) is 0 Å². The summed E-state index contributed by atoms with van der Waals surface area (Å²) in [6.45, 7) is 5.33. The van der Waals surface area contributed by atoms with Gasteiger partial charge in [0.1, 0.15) is 11.7 Å². The summed E-state index contributed by atoms with van der Waals surface area (Å²) in [4.78, 5) is 26.4. The molecule has 5 heteroatoms. The Kier molecular flexibility index (Phi) is 3.53. The number of nitrogens with one attached hydrogen (secondary N) is 2. The number of hydrogen-bond acceptors (Lipinski definition) is 2. The summed E-state index contributed by atoms with van der Waals surface area (Å²) in [5.74, 6) is -1.45. The summed E-state index contributed by atoms with van der Waals surface area (Å²) in [6.07, 6.45) is 0. The van der Waals surface area contributed by atoms with Crippen molar-refractivity contribution in [3.05, 3.63) is 36.0 Å². The van der Waals surface area contributed by atoms with Gasteiger partial charge < -0.3 is 15.4 Å². The Balaban J connectivity index is 2.24. The second kappa shape index (κ2) is 5.00. The van der Waals surface area contributed by atoms with E-state index in [1.54, 1.807) is 26.8 Å². The first-order valence-corrected chi connectivity index (χ1v) is 6.40. The van der Waals surface area contributed by atoms with Gasteiger partial charge >= 0.3 is 5.97 Å². The van der Waals surface area contributed by atoms with E-state index in [1.807, 2.05) is 24.3 Å². The number of amides is 1. The molecule has 0 saturated heterocycles. The highest BCUT2D eigenvalue weighted by molar-refractivity contribution is 5.99. The quantitative estimate of drug-likeness (QED) is 0.803. The second-order valence-corrected chi connectivity index (χ2v) is 5.88. The minimum Gasteiger partial charge on any atom is -0.480 e. The van der Waals surface area contributed by atoms with Crippen molar-refractivity contribution in [1.29, 1.82) is 0 Å². The first-order chi connectivity index (χ1) is 9.29. The largest absolute Gasteiger partial charge is 0.480 e. The number of carboxylic acid groups (broad SMARTS) is 1. The lowest BCUT2D eigenvalue weighted by Gasteiger charge is -2.27. The van der Waals surface area contributed by atoms with Crippen LogP contribution in [0.15, 0.2) is 30.3 Å². The summed E-state index contributed by atoms with van der Waals surface area (Å²) < 4.78 is 0. The normalized spacial score (nSPS) is 13.2. The molecule has 1 aromatic carbocycles. The van der Waals surface area contributed by atoms with Gasteiger partial charge in [-0.25, -0.2) is 4.79 Å². The zero-order chi connectivity index (χ0) is 14.9. The molecule has 1 heterocycles. The van der Waals surface area contributed by atoms with Gasteiger partial charge in [-0.3, -0.25) is 4.79 Å². The van der Waals surface area contributed by atoms with Crippen LogP contribution in [0.5, 0.6) is 0 Å². The van der Waals surface area contributed by atoms with Gasteiger partial charge in [0.15, 0.2) is 0 Å². The van der Waals surface area contributed by atoms with Crippen LogP contribution in [-0.2, 0) is 4.79 Å². The fourth-order valence-electron chi connectivity index (χ4n) is 2.05. The third kappa shape index (κ3) is 2.82. The third-order valence-corrected chi connectivity index (χ3v) is 3.16. The number of carbonyl (C=O) groups is 2. The number of rotatable bonds is 3. The van der Waals surface area contributed by atoms with Crippen molar-refractivity contribution in [3.8, 4) is 0 Å². The number of hydrogen-bond donors (Lipinski definition) is 3. The molecule has 0 aliphatic rings. The predicted molar refractivity (Wildman–Crippen MR) is 76.6 cm³/mol. The van der Waals surface area contributed by atoms with Crippen LogP contribution in [0, 0.1) is 5.41 Å². The Bertz CT molecular complexity index is 619. The Morgan fingerprint density at radius 1 is 1.25 bits per heavy atom. The standard InChI is InChI=1S/C15H18N2O3/c1-15(2,3)12(14(19)20)17-13(18)11-8-9-6-4-5-7-10(9)16-11/h4-8,12,16H,1-3H3,(H,17,18)(H,19,20)/t12-/m0/s1. The Labute approximate surface area is 117 Å². The number of aliphatic carboxylic acids is 1. The fourth-order valence-corrected chi connectivity index (χ4v) is 2.05. The maximum absolute atomic E-state index is 12.2. The van der Waals surface area contributed by atoms with Gasteiger partial charge in [0.2, 0.25) is 0 Å². The van der Waals surface area contributed by atoms with Crippen molar-refractivity contribution in [2.24, 2.45) is 5.41 Å². The van der Waals surface area contributed by atoms with Crippen LogP contribution in [0.2, 0.25) is 0 Å². The summed E-state index contributed by atoms with van der Waals surface area (Å²) in [5, 5.41) is 12.7. The van der Waals surface area contributed by atoms with E-state index in [0.29, 0.717) is 5.69 Å². The zero-order valence-electron chi connectivity index (χ0n) is 11.7. The Hall–Kier alpha value is -2.30. The number of aromatic amines is 1. The molecular weight excluding hydrogens is 256 g/mol. The topological polar surface area (TPSA) is 82.2 Å². The molecule has 1 aromatic heterocycles. The number of aromatic nitrogens is 1. The van der Waals surface area contributed by atoms with Crippen LogP contribution >= 0.6 is 0 Å². The van der Waals surface area contributed by atoms with Crippen molar-refractivity contribution < 1.29 is 14.7 Å². The van der Waals surface area contributed by atoms with Gasteiger partial charge in [-0.05, 0) is 17.5 Å². The van der Waals surface area contributed by atoms with Crippen molar-refractivity contribution in [2.75, 3.05) is 0 Å². The van der Waals surface area contributed by atoms with Crippen molar-refractivity contribution in [2.45, 2.75) is 26.8 Å². The minimum absolute atomic E-state index is 0.363. The van der Waals surface area contributed by atoms with Crippen LogP contribution in [0.3, 0.4) is 0 Å². The highest BCUT2D eigenvalue weighted by atomic mass is 16.4. The highest BCUT2D eigenvalue weighted by Gasteiger charge is 2.33. The summed E-state index contributed by atoms with van der Waals surface area (Å²) in [7, 11) is 0. The molecule has 0 aliphatic carbocycles. The summed E-state index contributed by atoms with van der Waals surface area (Å²) >= 11 is 0.